The van der Waals surface area contributed by atoms with Crippen molar-refractivity contribution in [3.63, 3.8) is 0 Å². The number of aliphatic carboxylic acids is 1. The average Bonchev–Trinajstić information content (AvgIpc) is 2.72. The van der Waals surface area contributed by atoms with E-state index >= 15 is 0 Å². The lowest BCUT2D eigenvalue weighted by Crippen LogP contribution is -2.54. The van der Waals surface area contributed by atoms with E-state index in [1.165, 1.54) is 12.1 Å². The van der Waals surface area contributed by atoms with E-state index in [0.29, 0.717) is 31.4 Å². The number of hydrogen-bond acceptors (Lipinski definition) is 5. The van der Waals surface area contributed by atoms with Gasteiger partial charge in [-0.3, -0.25) is 0 Å². The largest absolute Gasteiger partial charge is 0.544 e. The molecule has 1 aromatic carbocycles. The summed E-state index contributed by atoms with van der Waals surface area (Å²) < 4.78 is 39.5. The summed E-state index contributed by atoms with van der Waals surface area (Å²) in [5.74, 6) is -7.91. The van der Waals surface area contributed by atoms with E-state index in [2.05, 4.69) is 0 Å². The molecule has 1 aliphatic carbocycles. The van der Waals surface area contributed by atoms with Crippen molar-refractivity contribution in [3.05, 3.63) is 29.8 Å². The van der Waals surface area contributed by atoms with Gasteiger partial charge in [-0.2, -0.15) is 8.78 Å². The SMILES string of the molecule is CCC(C)(CC)Oc1ccc(C(=O)OC(C2CCCCC2)C(F)(F)C(=O)[O-])cc1. The van der Waals surface area contributed by atoms with Crippen LogP contribution < -0.4 is 9.84 Å². The van der Waals surface area contributed by atoms with Gasteiger partial charge in [-0.15, -0.1) is 0 Å². The van der Waals surface area contributed by atoms with E-state index in [4.69, 9.17) is 9.47 Å². The predicted octanol–water partition coefficient (Wildman–Crippen LogP) is 4.14. The molecule has 1 unspecified atom stereocenters. The van der Waals surface area contributed by atoms with Gasteiger partial charge in [0.1, 0.15) is 17.3 Å². The minimum Gasteiger partial charge on any atom is -0.544 e. The van der Waals surface area contributed by atoms with E-state index in [1.807, 2.05) is 20.8 Å². The summed E-state index contributed by atoms with van der Waals surface area (Å²) in [6, 6.07) is 6.01. The zero-order valence-electron chi connectivity index (χ0n) is 17.2. The van der Waals surface area contributed by atoms with Crippen LogP contribution in [-0.2, 0) is 9.53 Å². The van der Waals surface area contributed by atoms with Crippen molar-refractivity contribution in [1.29, 1.82) is 0 Å². The molecule has 0 amide bonds. The molecule has 7 heteroatoms. The summed E-state index contributed by atoms with van der Waals surface area (Å²) in [6.45, 7) is 6.00. The smallest absolute Gasteiger partial charge is 0.338 e. The van der Waals surface area contributed by atoms with Crippen molar-refractivity contribution < 1.29 is 33.0 Å². The Morgan fingerprint density at radius 3 is 2.14 bits per heavy atom. The van der Waals surface area contributed by atoms with Crippen molar-refractivity contribution in [1.82, 2.24) is 0 Å². The number of esters is 1. The molecule has 1 aliphatic rings. The van der Waals surface area contributed by atoms with E-state index in [0.717, 1.165) is 19.3 Å². The third kappa shape index (κ3) is 5.67. The Labute approximate surface area is 170 Å². The maximum atomic E-state index is 14.2. The number of carboxylic acids is 1. The van der Waals surface area contributed by atoms with Crippen LogP contribution in [0.1, 0.15) is 76.1 Å². The normalized spacial score (nSPS) is 16.9. The monoisotopic (exact) mass is 411 g/mol. The quantitative estimate of drug-likeness (QED) is 0.571. The van der Waals surface area contributed by atoms with Crippen LogP contribution in [0.5, 0.6) is 5.75 Å². The minimum absolute atomic E-state index is 0.0574. The Morgan fingerprint density at radius 2 is 1.66 bits per heavy atom. The molecule has 5 nitrogen and oxygen atoms in total. The number of rotatable bonds is 9. The molecular formula is C22H29F2O5-. The van der Waals surface area contributed by atoms with Gasteiger partial charge < -0.3 is 19.4 Å². The zero-order valence-corrected chi connectivity index (χ0v) is 17.2. The van der Waals surface area contributed by atoms with E-state index < -0.39 is 29.9 Å². The molecule has 0 aromatic heterocycles. The molecule has 1 saturated carbocycles. The molecule has 162 valence electrons. The van der Waals surface area contributed by atoms with Crippen LogP contribution in [-0.4, -0.2) is 29.6 Å². The van der Waals surface area contributed by atoms with Crippen LogP contribution in [0.3, 0.4) is 0 Å². The summed E-state index contributed by atoms with van der Waals surface area (Å²) >= 11 is 0. The van der Waals surface area contributed by atoms with Crippen molar-refractivity contribution in [3.8, 4) is 5.75 Å². The first-order chi connectivity index (χ1) is 13.6. The topological polar surface area (TPSA) is 75.7 Å². The van der Waals surface area contributed by atoms with Gasteiger partial charge in [0.05, 0.1) is 5.56 Å². The van der Waals surface area contributed by atoms with Gasteiger partial charge in [0.25, 0.3) is 0 Å². The van der Waals surface area contributed by atoms with Crippen molar-refractivity contribution >= 4 is 11.9 Å². The van der Waals surface area contributed by atoms with Crippen molar-refractivity contribution in [2.45, 2.75) is 83.3 Å². The Kier molecular flexibility index (Phi) is 7.60. The summed E-state index contributed by atoms with van der Waals surface area (Å²) in [5.41, 5.74) is -0.285. The third-order valence-electron chi connectivity index (χ3n) is 5.89. The first-order valence-electron chi connectivity index (χ1n) is 10.2. The molecule has 0 spiro atoms. The van der Waals surface area contributed by atoms with E-state index in [9.17, 15) is 23.5 Å². The molecule has 0 heterocycles. The fraction of sp³-hybridized carbons (Fsp3) is 0.636. The van der Waals surface area contributed by atoms with Crippen LogP contribution in [0.15, 0.2) is 24.3 Å². The number of carboxylic acid groups (broad SMARTS) is 1. The Balaban J connectivity index is 2.15. The van der Waals surface area contributed by atoms with Crippen LogP contribution in [0.4, 0.5) is 8.78 Å². The highest BCUT2D eigenvalue weighted by molar-refractivity contribution is 5.90. The number of carbonyl (C=O) groups excluding carboxylic acids is 2. The van der Waals surface area contributed by atoms with Gasteiger partial charge in [-0.05, 0) is 56.9 Å². The van der Waals surface area contributed by atoms with Gasteiger partial charge in [0.2, 0.25) is 0 Å². The fourth-order valence-corrected chi connectivity index (χ4v) is 3.54. The van der Waals surface area contributed by atoms with Gasteiger partial charge in [0.15, 0.2) is 6.10 Å². The molecule has 2 rings (SSSR count). The molecule has 0 N–H and O–H groups in total. The summed E-state index contributed by atoms with van der Waals surface area (Å²) in [5, 5.41) is 11.0. The average molecular weight is 411 g/mol. The first-order valence-corrected chi connectivity index (χ1v) is 10.2. The summed E-state index contributed by atoms with van der Waals surface area (Å²) in [7, 11) is 0. The van der Waals surface area contributed by atoms with Crippen LogP contribution >= 0.6 is 0 Å². The maximum absolute atomic E-state index is 14.2. The summed E-state index contributed by atoms with van der Waals surface area (Å²) in [4.78, 5) is 23.5. The third-order valence-corrected chi connectivity index (χ3v) is 5.89. The second-order valence-corrected chi connectivity index (χ2v) is 7.92. The van der Waals surface area contributed by atoms with Crippen molar-refractivity contribution in [2.24, 2.45) is 5.92 Å². The Morgan fingerprint density at radius 1 is 1.10 bits per heavy atom. The van der Waals surface area contributed by atoms with Crippen LogP contribution in [0, 0.1) is 5.92 Å². The lowest BCUT2D eigenvalue weighted by atomic mass is 9.83. The fourth-order valence-electron chi connectivity index (χ4n) is 3.54. The maximum Gasteiger partial charge on any atom is 0.338 e. The number of alkyl halides is 2. The highest BCUT2D eigenvalue weighted by Crippen LogP contribution is 2.36. The Hall–Kier alpha value is -2.18. The minimum atomic E-state index is -4.25. The van der Waals surface area contributed by atoms with Gasteiger partial charge >= 0.3 is 11.9 Å². The lowest BCUT2D eigenvalue weighted by Gasteiger charge is -2.35. The highest BCUT2D eigenvalue weighted by atomic mass is 19.3. The number of ether oxygens (including phenoxy) is 2. The second-order valence-electron chi connectivity index (χ2n) is 7.92. The molecule has 1 aromatic rings. The standard InChI is InChI=1S/C22H30F2O5/c1-4-21(3,5-2)29-17-13-11-16(12-14-17)19(25)28-18(22(23,24)20(26)27)15-9-7-6-8-10-15/h11-15,18H,4-10H2,1-3H3,(H,26,27)/p-1. The number of halogens is 2. The summed E-state index contributed by atoms with van der Waals surface area (Å²) in [6.07, 6.45) is 2.62. The van der Waals surface area contributed by atoms with E-state index in [1.54, 1.807) is 12.1 Å². The second kappa shape index (κ2) is 9.55. The molecule has 0 bridgehead atoms. The molecule has 29 heavy (non-hydrogen) atoms. The predicted molar refractivity (Wildman–Crippen MR) is 102 cm³/mol. The lowest BCUT2D eigenvalue weighted by molar-refractivity contribution is -0.337. The van der Waals surface area contributed by atoms with Crippen LogP contribution in [0.25, 0.3) is 0 Å². The first kappa shape index (κ1) is 23.1. The zero-order chi connectivity index (χ0) is 21.7. The van der Waals surface area contributed by atoms with Crippen LogP contribution in [0.2, 0.25) is 0 Å². The number of hydrogen-bond donors (Lipinski definition) is 0. The number of carbonyl (C=O) groups is 2. The van der Waals surface area contributed by atoms with Gasteiger partial charge in [-0.1, -0.05) is 33.1 Å². The molecule has 0 radical (unpaired) electrons. The Bertz CT molecular complexity index is 692. The van der Waals surface area contributed by atoms with E-state index in [-0.39, 0.29) is 11.2 Å². The number of benzene rings is 1. The highest BCUT2D eigenvalue weighted by Gasteiger charge is 2.48. The molecule has 1 fully saturated rings. The molecule has 1 atom stereocenters. The van der Waals surface area contributed by atoms with Crippen molar-refractivity contribution in [2.75, 3.05) is 0 Å². The molecule has 0 saturated heterocycles. The van der Waals surface area contributed by atoms with Gasteiger partial charge in [-0.25, -0.2) is 4.79 Å². The molecular weight excluding hydrogens is 382 g/mol. The molecule has 0 aliphatic heterocycles. The van der Waals surface area contributed by atoms with Gasteiger partial charge in [0, 0.05) is 5.92 Å².